The van der Waals surface area contributed by atoms with E-state index in [0.29, 0.717) is 12.1 Å². The molecule has 5 heteroatoms. The summed E-state index contributed by atoms with van der Waals surface area (Å²) in [6.07, 6.45) is 5.95. The molecule has 0 saturated carbocycles. The minimum atomic E-state index is -0.0540. The number of ether oxygens (including phenoxy) is 1. The van der Waals surface area contributed by atoms with Crippen LogP contribution in [0, 0.1) is 0 Å². The highest BCUT2D eigenvalue weighted by Crippen LogP contribution is 2.24. The highest BCUT2D eigenvalue weighted by Gasteiger charge is 2.18. The fourth-order valence-corrected chi connectivity index (χ4v) is 3.41. The Hall–Kier alpha value is -2.92. The molecule has 1 saturated heterocycles. The summed E-state index contributed by atoms with van der Waals surface area (Å²) in [5.74, 6) is -0.0540. The third kappa shape index (κ3) is 4.26. The molecule has 1 amide bonds. The van der Waals surface area contributed by atoms with Gasteiger partial charge in [0.15, 0.2) is 0 Å². The van der Waals surface area contributed by atoms with E-state index in [0.717, 1.165) is 37.1 Å². The molecular formula is C22H23N3O2. The van der Waals surface area contributed by atoms with Gasteiger partial charge in [0, 0.05) is 31.1 Å². The van der Waals surface area contributed by atoms with E-state index in [9.17, 15) is 4.79 Å². The molecule has 138 valence electrons. The van der Waals surface area contributed by atoms with Gasteiger partial charge < -0.3 is 10.1 Å². The minimum Gasteiger partial charge on any atom is -0.376 e. The van der Waals surface area contributed by atoms with E-state index in [-0.39, 0.29) is 12.0 Å². The fourth-order valence-electron chi connectivity index (χ4n) is 3.41. The van der Waals surface area contributed by atoms with Crippen molar-refractivity contribution in [2.45, 2.75) is 25.5 Å². The van der Waals surface area contributed by atoms with Gasteiger partial charge in [0.1, 0.15) is 0 Å². The van der Waals surface area contributed by atoms with Gasteiger partial charge in [0.05, 0.1) is 12.6 Å². The maximum Gasteiger partial charge on any atom is 0.252 e. The second-order valence-electron chi connectivity index (χ2n) is 6.79. The molecule has 1 aliphatic rings. The zero-order chi connectivity index (χ0) is 18.5. The van der Waals surface area contributed by atoms with Crippen molar-refractivity contribution in [3.05, 3.63) is 78.1 Å². The maximum atomic E-state index is 12.7. The Morgan fingerprint density at radius 2 is 2.00 bits per heavy atom. The van der Waals surface area contributed by atoms with E-state index >= 15 is 0 Å². The molecule has 1 aromatic heterocycles. The van der Waals surface area contributed by atoms with E-state index in [2.05, 4.69) is 34.7 Å². The van der Waals surface area contributed by atoms with Crippen LogP contribution in [-0.4, -0.2) is 34.9 Å². The van der Waals surface area contributed by atoms with E-state index in [1.54, 1.807) is 6.20 Å². The van der Waals surface area contributed by atoms with Crippen LogP contribution in [0.5, 0.6) is 0 Å². The quantitative estimate of drug-likeness (QED) is 0.731. The van der Waals surface area contributed by atoms with Crippen LogP contribution in [0.25, 0.3) is 11.1 Å². The van der Waals surface area contributed by atoms with Gasteiger partial charge in [-0.1, -0.05) is 42.5 Å². The van der Waals surface area contributed by atoms with Crippen molar-refractivity contribution in [1.29, 1.82) is 0 Å². The van der Waals surface area contributed by atoms with Crippen molar-refractivity contribution >= 4 is 5.91 Å². The molecule has 2 heterocycles. The van der Waals surface area contributed by atoms with Crippen molar-refractivity contribution in [3.8, 4) is 11.1 Å². The van der Waals surface area contributed by atoms with Gasteiger partial charge in [-0.05, 0) is 41.7 Å². The van der Waals surface area contributed by atoms with Gasteiger partial charge in [-0.2, -0.15) is 5.10 Å². The highest BCUT2D eigenvalue weighted by molar-refractivity contribution is 6.00. The van der Waals surface area contributed by atoms with Crippen LogP contribution < -0.4 is 5.32 Å². The molecule has 1 N–H and O–H groups in total. The predicted molar refractivity (Wildman–Crippen MR) is 105 cm³/mol. The number of rotatable bonds is 6. The molecule has 1 aliphatic heterocycles. The van der Waals surface area contributed by atoms with Crippen molar-refractivity contribution in [1.82, 2.24) is 15.1 Å². The molecular weight excluding hydrogens is 338 g/mol. The first-order valence-corrected chi connectivity index (χ1v) is 9.35. The van der Waals surface area contributed by atoms with Gasteiger partial charge in [-0.15, -0.1) is 0 Å². The van der Waals surface area contributed by atoms with Crippen LogP contribution >= 0.6 is 0 Å². The third-order valence-electron chi connectivity index (χ3n) is 4.85. The molecule has 0 radical (unpaired) electrons. The lowest BCUT2D eigenvalue weighted by Crippen LogP contribution is -2.32. The molecule has 4 rings (SSSR count). The summed E-state index contributed by atoms with van der Waals surface area (Å²) in [5.41, 5.74) is 3.83. The fraction of sp³-hybridized carbons (Fsp3) is 0.273. The van der Waals surface area contributed by atoms with Gasteiger partial charge in [0.25, 0.3) is 5.91 Å². The zero-order valence-electron chi connectivity index (χ0n) is 15.2. The van der Waals surface area contributed by atoms with Gasteiger partial charge in [0.2, 0.25) is 0 Å². The number of hydrogen-bond donors (Lipinski definition) is 1. The van der Waals surface area contributed by atoms with Crippen molar-refractivity contribution in [2.24, 2.45) is 0 Å². The lowest BCUT2D eigenvalue weighted by Gasteiger charge is -2.13. The molecule has 5 nitrogen and oxygen atoms in total. The Morgan fingerprint density at radius 1 is 1.15 bits per heavy atom. The third-order valence-corrected chi connectivity index (χ3v) is 4.85. The lowest BCUT2D eigenvalue weighted by atomic mass is 9.98. The summed E-state index contributed by atoms with van der Waals surface area (Å²) in [6.45, 7) is 2.09. The molecule has 0 spiro atoms. The summed E-state index contributed by atoms with van der Waals surface area (Å²) in [5, 5.41) is 7.25. The molecule has 1 atom stereocenters. The lowest BCUT2D eigenvalue weighted by molar-refractivity contribution is 0.0858. The number of carbonyl (C=O) groups excluding carboxylic acids is 1. The predicted octanol–water partition coefficient (Wildman–Crippen LogP) is 3.51. The maximum absolute atomic E-state index is 12.7. The zero-order valence-corrected chi connectivity index (χ0v) is 15.2. The van der Waals surface area contributed by atoms with Gasteiger partial charge >= 0.3 is 0 Å². The summed E-state index contributed by atoms with van der Waals surface area (Å²) in [7, 11) is 0. The molecule has 27 heavy (non-hydrogen) atoms. The second-order valence-corrected chi connectivity index (χ2v) is 6.79. The smallest absolute Gasteiger partial charge is 0.252 e. The number of nitrogens with one attached hydrogen (secondary N) is 1. The first-order chi connectivity index (χ1) is 13.3. The Kier molecular flexibility index (Phi) is 5.30. The highest BCUT2D eigenvalue weighted by atomic mass is 16.5. The number of carbonyl (C=O) groups is 1. The van der Waals surface area contributed by atoms with Gasteiger partial charge in [-0.25, -0.2) is 0 Å². The van der Waals surface area contributed by atoms with Crippen LogP contribution in [0.2, 0.25) is 0 Å². The summed E-state index contributed by atoms with van der Waals surface area (Å²) >= 11 is 0. The number of hydrogen-bond acceptors (Lipinski definition) is 3. The molecule has 0 aliphatic carbocycles. The molecule has 3 aromatic rings. The molecule has 2 aromatic carbocycles. The Balaban J connectivity index is 1.49. The van der Waals surface area contributed by atoms with E-state index in [1.807, 2.05) is 41.2 Å². The summed E-state index contributed by atoms with van der Waals surface area (Å²) in [4.78, 5) is 12.7. The van der Waals surface area contributed by atoms with Crippen molar-refractivity contribution in [3.63, 3.8) is 0 Å². The summed E-state index contributed by atoms with van der Waals surface area (Å²) < 4.78 is 7.48. The Labute approximate surface area is 159 Å². The normalized spacial score (nSPS) is 16.4. The average molecular weight is 361 g/mol. The van der Waals surface area contributed by atoms with Crippen LogP contribution in [0.3, 0.4) is 0 Å². The van der Waals surface area contributed by atoms with E-state index in [4.69, 9.17) is 4.74 Å². The molecule has 1 fully saturated rings. The topological polar surface area (TPSA) is 56.1 Å². The average Bonchev–Trinajstić information content (AvgIpc) is 3.41. The monoisotopic (exact) mass is 361 g/mol. The largest absolute Gasteiger partial charge is 0.376 e. The number of nitrogens with zero attached hydrogens (tertiary/aromatic N) is 2. The number of aromatic nitrogens is 2. The first kappa shape index (κ1) is 17.5. The first-order valence-electron chi connectivity index (χ1n) is 9.35. The number of benzene rings is 2. The Morgan fingerprint density at radius 3 is 2.74 bits per heavy atom. The van der Waals surface area contributed by atoms with Crippen LogP contribution in [0.4, 0.5) is 0 Å². The second kappa shape index (κ2) is 8.18. The Bertz CT molecular complexity index is 882. The number of amides is 1. The van der Waals surface area contributed by atoms with Gasteiger partial charge in [-0.3, -0.25) is 9.48 Å². The standard InChI is InChI=1S/C22H23N3O2/c26-22(23-15-19-5-3-14-27-19)21-7-2-1-6-20(21)18-10-8-17(9-11-18)16-25-13-4-12-24-25/h1-2,4,6-13,19H,3,5,14-16H2,(H,23,26)/t19-/m1/s1. The van der Waals surface area contributed by atoms with Crippen LogP contribution in [0.15, 0.2) is 67.0 Å². The van der Waals surface area contributed by atoms with Crippen LogP contribution in [-0.2, 0) is 11.3 Å². The summed E-state index contributed by atoms with van der Waals surface area (Å²) in [6, 6.07) is 17.9. The molecule has 0 bridgehead atoms. The van der Waals surface area contributed by atoms with E-state index < -0.39 is 0 Å². The van der Waals surface area contributed by atoms with Crippen molar-refractivity contribution in [2.75, 3.05) is 13.2 Å². The molecule has 0 unspecified atom stereocenters. The van der Waals surface area contributed by atoms with Crippen molar-refractivity contribution < 1.29 is 9.53 Å². The van der Waals surface area contributed by atoms with E-state index in [1.165, 1.54) is 5.56 Å². The minimum absolute atomic E-state index is 0.0540. The van der Waals surface area contributed by atoms with Crippen LogP contribution in [0.1, 0.15) is 28.8 Å². The SMILES string of the molecule is O=C(NC[C@H]1CCCO1)c1ccccc1-c1ccc(Cn2cccn2)cc1.